The summed E-state index contributed by atoms with van der Waals surface area (Å²) >= 11 is 1.06. The lowest BCUT2D eigenvalue weighted by Crippen LogP contribution is -2.23. The minimum absolute atomic E-state index is 0.0944. The number of thioether (sulfide) groups is 1. The first-order valence-electron chi connectivity index (χ1n) is 10.2. The highest BCUT2D eigenvalue weighted by Gasteiger charge is 2.18. The normalized spacial score (nSPS) is 10.9. The molecule has 1 heterocycles. The molecule has 0 saturated heterocycles. The quantitative estimate of drug-likeness (QED) is 0.185. The standard InChI is InChI=1S/C24H19FN4O4S/c1-14-7-10-20(15(2)11-14)28-23(31)17-5-3-4-6-19(17)27-24(28)34-13-22(30)26-16-8-9-18(25)21(12-16)29(32)33/h3-12H,13H2,1-2H3,(H,26,30). The van der Waals surface area contributed by atoms with Crippen molar-refractivity contribution in [3.63, 3.8) is 0 Å². The number of aryl methyl sites for hydroxylation is 2. The number of carbonyl (C=O) groups excluding carboxylic acids is 1. The van der Waals surface area contributed by atoms with Gasteiger partial charge in [0.05, 0.1) is 27.3 Å². The molecule has 3 aromatic carbocycles. The number of amides is 1. The van der Waals surface area contributed by atoms with Gasteiger partial charge in [-0.3, -0.25) is 24.3 Å². The molecule has 0 spiro atoms. The molecule has 172 valence electrons. The molecule has 0 atom stereocenters. The van der Waals surface area contributed by atoms with Crippen LogP contribution in [0.3, 0.4) is 0 Å². The Bertz CT molecular complexity index is 1500. The van der Waals surface area contributed by atoms with E-state index in [-0.39, 0.29) is 17.0 Å². The summed E-state index contributed by atoms with van der Waals surface area (Å²) in [6.45, 7) is 3.85. The fourth-order valence-corrected chi connectivity index (χ4v) is 4.34. The molecular weight excluding hydrogens is 459 g/mol. The van der Waals surface area contributed by atoms with E-state index in [1.165, 1.54) is 10.6 Å². The van der Waals surface area contributed by atoms with Gasteiger partial charge in [0.1, 0.15) is 0 Å². The molecule has 1 amide bonds. The minimum Gasteiger partial charge on any atom is -0.325 e. The molecule has 34 heavy (non-hydrogen) atoms. The zero-order chi connectivity index (χ0) is 24.4. The maximum Gasteiger partial charge on any atom is 0.306 e. The summed E-state index contributed by atoms with van der Waals surface area (Å²) in [5, 5.41) is 14.2. The minimum atomic E-state index is -0.991. The fourth-order valence-electron chi connectivity index (χ4n) is 3.54. The Morgan fingerprint density at radius 3 is 2.65 bits per heavy atom. The number of anilines is 1. The number of halogens is 1. The average molecular weight is 479 g/mol. The topological polar surface area (TPSA) is 107 Å². The molecule has 1 N–H and O–H groups in total. The number of carbonyl (C=O) groups is 1. The van der Waals surface area contributed by atoms with E-state index in [1.54, 1.807) is 24.3 Å². The predicted octanol–water partition coefficient (Wildman–Crippen LogP) is 4.78. The highest BCUT2D eigenvalue weighted by molar-refractivity contribution is 7.99. The van der Waals surface area contributed by atoms with Crippen LogP contribution in [-0.2, 0) is 4.79 Å². The predicted molar refractivity (Wildman–Crippen MR) is 129 cm³/mol. The molecule has 0 unspecified atom stereocenters. The van der Waals surface area contributed by atoms with Crippen LogP contribution in [0, 0.1) is 29.8 Å². The Labute approximate surface area is 197 Å². The number of rotatable bonds is 6. The van der Waals surface area contributed by atoms with E-state index in [1.807, 2.05) is 32.0 Å². The number of hydrogen-bond donors (Lipinski definition) is 1. The van der Waals surface area contributed by atoms with Crippen LogP contribution in [0.25, 0.3) is 16.6 Å². The van der Waals surface area contributed by atoms with E-state index in [9.17, 15) is 24.1 Å². The molecular formula is C24H19FN4O4S. The summed E-state index contributed by atoms with van der Waals surface area (Å²) in [6.07, 6.45) is 0. The molecule has 0 saturated carbocycles. The SMILES string of the molecule is Cc1ccc(-n2c(SCC(=O)Nc3ccc(F)c([N+](=O)[O-])c3)nc3ccccc3c2=O)c(C)c1. The zero-order valence-electron chi connectivity index (χ0n) is 18.2. The largest absolute Gasteiger partial charge is 0.325 e. The summed E-state index contributed by atoms with van der Waals surface area (Å²) in [5.74, 6) is -1.60. The molecule has 0 fully saturated rings. The van der Waals surface area contributed by atoms with Gasteiger partial charge in [0.25, 0.3) is 5.56 Å². The molecule has 8 nitrogen and oxygen atoms in total. The van der Waals surface area contributed by atoms with Crippen molar-refractivity contribution >= 4 is 39.9 Å². The summed E-state index contributed by atoms with van der Waals surface area (Å²) in [4.78, 5) is 40.6. The molecule has 1 aromatic heterocycles. The van der Waals surface area contributed by atoms with Gasteiger partial charge in [-0.15, -0.1) is 0 Å². The van der Waals surface area contributed by atoms with Crippen molar-refractivity contribution in [2.45, 2.75) is 19.0 Å². The Balaban J connectivity index is 1.66. The van der Waals surface area contributed by atoms with Crippen LogP contribution < -0.4 is 10.9 Å². The molecule has 10 heteroatoms. The third-order valence-corrected chi connectivity index (χ3v) is 6.04. The van der Waals surface area contributed by atoms with Gasteiger partial charge < -0.3 is 5.32 Å². The average Bonchev–Trinajstić information content (AvgIpc) is 2.80. The Hall–Kier alpha value is -4.05. The Morgan fingerprint density at radius 2 is 1.91 bits per heavy atom. The lowest BCUT2D eigenvalue weighted by atomic mass is 10.1. The van der Waals surface area contributed by atoms with Crippen LogP contribution >= 0.6 is 11.8 Å². The molecule has 0 bridgehead atoms. The summed E-state index contributed by atoms with van der Waals surface area (Å²) < 4.78 is 15.0. The van der Waals surface area contributed by atoms with Gasteiger partial charge >= 0.3 is 5.69 Å². The van der Waals surface area contributed by atoms with E-state index in [0.29, 0.717) is 21.7 Å². The smallest absolute Gasteiger partial charge is 0.306 e. The highest BCUT2D eigenvalue weighted by atomic mass is 32.2. The number of para-hydroxylation sites is 1. The monoisotopic (exact) mass is 478 g/mol. The number of benzene rings is 3. The van der Waals surface area contributed by atoms with Gasteiger partial charge in [0.2, 0.25) is 11.7 Å². The van der Waals surface area contributed by atoms with Crippen molar-refractivity contribution in [3.05, 3.63) is 98.1 Å². The first-order chi connectivity index (χ1) is 16.2. The lowest BCUT2D eigenvalue weighted by Gasteiger charge is -2.15. The van der Waals surface area contributed by atoms with Crippen molar-refractivity contribution < 1.29 is 14.1 Å². The summed E-state index contributed by atoms with van der Waals surface area (Å²) in [6, 6.07) is 15.8. The number of fused-ring (bicyclic) bond motifs is 1. The van der Waals surface area contributed by atoms with Crippen LogP contribution in [-0.4, -0.2) is 26.1 Å². The third-order valence-electron chi connectivity index (χ3n) is 5.10. The first-order valence-corrected chi connectivity index (χ1v) is 11.2. The van der Waals surface area contributed by atoms with Crippen LogP contribution in [0.1, 0.15) is 11.1 Å². The van der Waals surface area contributed by atoms with Gasteiger partial charge in [-0.05, 0) is 49.7 Å². The fraction of sp³-hybridized carbons (Fsp3) is 0.125. The van der Waals surface area contributed by atoms with E-state index >= 15 is 0 Å². The van der Waals surface area contributed by atoms with Gasteiger partial charge in [0, 0.05) is 11.8 Å². The van der Waals surface area contributed by atoms with Gasteiger partial charge in [-0.25, -0.2) is 4.98 Å². The maximum atomic E-state index is 13.6. The zero-order valence-corrected chi connectivity index (χ0v) is 19.1. The van der Waals surface area contributed by atoms with Crippen molar-refractivity contribution in [2.24, 2.45) is 0 Å². The number of aromatic nitrogens is 2. The molecule has 4 aromatic rings. The molecule has 0 aliphatic rings. The number of nitro groups is 1. The van der Waals surface area contributed by atoms with Crippen molar-refractivity contribution in [1.29, 1.82) is 0 Å². The van der Waals surface area contributed by atoms with E-state index in [2.05, 4.69) is 10.3 Å². The second-order valence-corrected chi connectivity index (χ2v) is 8.54. The number of nitrogens with zero attached hydrogens (tertiary/aromatic N) is 3. The van der Waals surface area contributed by atoms with Crippen molar-refractivity contribution in [2.75, 3.05) is 11.1 Å². The van der Waals surface area contributed by atoms with E-state index in [4.69, 9.17) is 0 Å². The molecule has 0 aliphatic heterocycles. The van der Waals surface area contributed by atoms with Crippen molar-refractivity contribution in [3.8, 4) is 5.69 Å². The van der Waals surface area contributed by atoms with E-state index in [0.717, 1.165) is 35.0 Å². The van der Waals surface area contributed by atoms with Crippen LogP contribution in [0.4, 0.5) is 15.8 Å². The van der Waals surface area contributed by atoms with Crippen LogP contribution in [0.15, 0.2) is 70.6 Å². The Morgan fingerprint density at radius 1 is 1.15 bits per heavy atom. The number of nitro benzene ring substituents is 1. The van der Waals surface area contributed by atoms with E-state index < -0.39 is 22.3 Å². The van der Waals surface area contributed by atoms with Crippen molar-refractivity contribution in [1.82, 2.24) is 9.55 Å². The molecule has 0 radical (unpaired) electrons. The van der Waals surface area contributed by atoms with Crippen LogP contribution in [0.2, 0.25) is 0 Å². The van der Waals surface area contributed by atoms with Gasteiger partial charge in [-0.1, -0.05) is 41.6 Å². The number of nitrogens with one attached hydrogen (secondary N) is 1. The maximum absolute atomic E-state index is 13.6. The lowest BCUT2D eigenvalue weighted by molar-refractivity contribution is -0.387. The third kappa shape index (κ3) is 4.67. The number of hydrogen-bond acceptors (Lipinski definition) is 6. The first kappa shape index (κ1) is 23.1. The second kappa shape index (κ2) is 9.44. The van der Waals surface area contributed by atoms with Gasteiger partial charge in [0.15, 0.2) is 5.16 Å². The second-order valence-electron chi connectivity index (χ2n) is 7.60. The Kier molecular flexibility index (Phi) is 6.42. The summed E-state index contributed by atoms with van der Waals surface area (Å²) in [7, 11) is 0. The molecule has 4 rings (SSSR count). The summed E-state index contributed by atoms with van der Waals surface area (Å²) in [5.41, 5.74) is 2.20. The highest BCUT2D eigenvalue weighted by Crippen LogP contribution is 2.25. The van der Waals surface area contributed by atoms with Gasteiger partial charge in [-0.2, -0.15) is 4.39 Å². The van der Waals surface area contributed by atoms with Crippen LogP contribution in [0.5, 0.6) is 0 Å². The molecule has 0 aliphatic carbocycles.